The summed E-state index contributed by atoms with van der Waals surface area (Å²) in [5.74, 6) is 1.38. The monoisotopic (exact) mass is 280 g/mol. The Morgan fingerprint density at radius 1 is 1.21 bits per heavy atom. The fourth-order valence-electron chi connectivity index (χ4n) is 3.06. The van der Waals surface area contributed by atoms with Crippen LogP contribution in [0.1, 0.15) is 75.7 Å². The average Bonchev–Trinajstić information content (AvgIpc) is 2.87. The first-order valence-electron chi connectivity index (χ1n) is 7.70. The third-order valence-electron chi connectivity index (χ3n) is 4.57. The molecule has 1 nitrogen and oxygen atoms in total. The van der Waals surface area contributed by atoms with E-state index in [0.717, 1.165) is 5.92 Å². The van der Waals surface area contributed by atoms with E-state index >= 15 is 0 Å². The molecule has 2 heteroatoms. The van der Waals surface area contributed by atoms with Gasteiger partial charge in [-0.05, 0) is 42.2 Å². The van der Waals surface area contributed by atoms with Crippen LogP contribution in [-0.4, -0.2) is 5.11 Å². The molecule has 1 aromatic rings. The van der Waals surface area contributed by atoms with Crippen LogP contribution in [-0.2, 0) is 5.41 Å². The summed E-state index contributed by atoms with van der Waals surface area (Å²) >= 11 is 1.80. The molecule has 1 aliphatic rings. The third-order valence-corrected chi connectivity index (χ3v) is 6.15. The smallest absolute Gasteiger partial charge is 0.0910 e. The van der Waals surface area contributed by atoms with Crippen LogP contribution in [0.3, 0.4) is 0 Å². The van der Waals surface area contributed by atoms with E-state index in [0.29, 0.717) is 5.92 Å². The molecule has 1 unspecified atom stereocenters. The molecule has 0 saturated heterocycles. The number of hydrogen-bond acceptors (Lipinski definition) is 2. The first-order chi connectivity index (χ1) is 8.91. The van der Waals surface area contributed by atoms with Gasteiger partial charge in [0, 0.05) is 9.75 Å². The molecule has 0 amide bonds. The summed E-state index contributed by atoms with van der Waals surface area (Å²) in [6, 6.07) is 4.34. The molecule has 1 saturated carbocycles. The van der Waals surface area contributed by atoms with Gasteiger partial charge < -0.3 is 5.11 Å². The van der Waals surface area contributed by atoms with Gasteiger partial charge in [-0.1, -0.05) is 47.0 Å². The van der Waals surface area contributed by atoms with Crippen LogP contribution in [0.2, 0.25) is 0 Å². The normalized spacial score (nSPS) is 26.4. The number of hydrogen-bond donors (Lipinski definition) is 1. The molecule has 0 radical (unpaired) electrons. The molecular weight excluding hydrogens is 252 g/mol. The summed E-state index contributed by atoms with van der Waals surface area (Å²) in [4.78, 5) is 2.55. The Kier molecular flexibility index (Phi) is 4.73. The average molecular weight is 280 g/mol. The topological polar surface area (TPSA) is 20.2 Å². The van der Waals surface area contributed by atoms with E-state index in [9.17, 15) is 5.11 Å². The predicted molar refractivity (Wildman–Crippen MR) is 83.7 cm³/mol. The first kappa shape index (κ1) is 15.1. The fraction of sp³-hybridized carbons (Fsp3) is 0.765. The lowest BCUT2D eigenvalue weighted by Gasteiger charge is -2.30. The summed E-state index contributed by atoms with van der Waals surface area (Å²) < 4.78 is 0. The largest absolute Gasteiger partial charge is 0.387 e. The van der Waals surface area contributed by atoms with Gasteiger partial charge in [0.25, 0.3) is 0 Å². The van der Waals surface area contributed by atoms with Gasteiger partial charge in [-0.3, -0.25) is 0 Å². The van der Waals surface area contributed by atoms with E-state index in [1.807, 2.05) is 0 Å². The van der Waals surface area contributed by atoms with Crippen LogP contribution in [0.4, 0.5) is 0 Å². The molecule has 108 valence electrons. The maximum atomic E-state index is 10.6. The number of aliphatic hydroxyl groups is 1. The van der Waals surface area contributed by atoms with Gasteiger partial charge >= 0.3 is 0 Å². The van der Waals surface area contributed by atoms with Crippen LogP contribution in [0.5, 0.6) is 0 Å². The summed E-state index contributed by atoms with van der Waals surface area (Å²) in [5, 5.41) is 10.6. The first-order valence-corrected chi connectivity index (χ1v) is 8.51. The van der Waals surface area contributed by atoms with Crippen LogP contribution >= 0.6 is 11.3 Å². The summed E-state index contributed by atoms with van der Waals surface area (Å²) in [6.07, 6.45) is 6.06. The van der Waals surface area contributed by atoms with Crippen molar-refractivity contribution in [3.8, 4) is 0 Å². The van der Waals surface area contributed by atoms with Crippen molar-refractivity contribution in [2.75, 3.05) is 0 Å². The molecule has 0 aliphatic heterocycles. The second kappa shape index (κ2) is 5.97. The molecule has 2 rings (SSSR count). The lowest BCUT2D eigenvalue weighted by Crippen LogP contribution is -2.19. The molecule has 1 heterocycles. The molecule has 0 bridgehead atoms. The highest BCUT2D eigenvalue weighted by atomic mass is 32.1. The second-order valence-corrected chi connectivity index (χ2v) is 8.20. The highest BCUT2D eigenvalue weighted by Crippen LogP contribution is 2.41. The summed E-state index contributed by atoms with van der Waals surface area (Å²) in [5.41, 5.74) is 0.197. The van der Waals surface area contributed by atoms with Crippen molar-refractivity contribution in [2.24, 2.45) is 11.8 Å². The molecule has 19 heavy (non-hydrogen) atoms. The standard InChI is InChI=1S/C17H28OS/c1-5-12-6-8-13(9-7-12)16(18)14-10-11-15(19-14)17(2,3)4/h10-13,16,18H,5-9H2,1-4H3. The van der Waals surface area contributed by atoms with Crippen molar-refractivity contribution in [3.63, 3.8) is 0 Å². The van der Waals surface area contributed by atoms with E-state index in [2.05, 4.69) is 39.8 Å². The predicted octanol–water partition coefficient (Wildman–Crippen LogP) is 5.30. The molecule has 1 atom stereocenters. The Labute approximate surface area is 122 Å². The number of thiophene rings is 1. The molecule has 1 fully saturated rings. The van der Waals surface area contributed by atoms with E-state index in [1.54, 1.807) is 11.3 Å². The molecule has 0 aromatic carbocycles. The van der Waals surface area contributed by atoms with Crippen LogP contribution < -0.4 is 0 Å². The van der Waals surface area contributed by atoms with Crippen LogP contribution in [0.25, 0.3) is 0 Å². The number of aliphatic hydroxyl groups excluding tert-OH is 1. The van der Waals surface area contributed by atoms with Crippen molar-refractivity contribution < 1.29 is 5.11 Å². The summed E-state index contributed by atoms with van der Waals surface area (Å²) in [7, 11) is 0. The van der Waals surface area contributed by atoms with Gasteiger partial charge in [-0.15, -0.1) is 11.3 Å². The Morgan fingerprint density at radius 3 is 2.32 bits per heavy atom. The lowest BCUT2D eigenvalue weighted by atomic mass is 9.78. The molecule has 0 spiro atoms. The lowest BCUT2D eigenvalue weighted by molar-refractivity contribution is 0.0757. The highest BCUT2D eigenvalue weighted by Gasteiger charge is 2.28. The SMILES string of the molecule is CCC1CCC(C(O)c2ccc(C(C)(C)C)s2)CC1. The zero-order valence-electron chi connectivity index (χ0n) is 12.8. The van der Waals surface area contributed by atoms with Gasteiger partial charge in [0.2, 0.25) is 0 Å². The van der Waals surface area contributed by atoms with Gasteiger partial charge in [0.1, 0.15) is 0 Å². The highest BCUT2D eigenvalue weighted by molar-refractivity contribution is 7.12. The van der Waals surface area contributed by atoms with E-state index in [4.69, 9.17) is 0 Å². The Balaban J connectivity index is 2.00. The Bertz CT molecular complexity index is 394. The fourth-order valence-corrected chi connectivity index (χ4v) is 4.20. The second-order valence-electron chi connectivity index (χ2n) is 7.09. The molecule has 1 N–H and O–H groups in total. The zero-order chi connectivity index (χ0) is 14.0. The maximum Gasteiger partial charge on any atom is 0.0910 e. The maximum absolute atomic E-state index is 10.6. The molecular formula is C17H28OS. The van der Waals surface area contributed by atoms with Crippen molar-refractivity contribution in [2.45, 2.75) is 71.3 Å². The van der Waals surface area contributed by atoms with E-state index < -0.39 is 0 Å². The summed E-state index contributed by atoms with van der Waals surface area (Å²) in [6.45, 7) is 9.00. The van der Waals surface area contributed by atoms with Gasteiger partial charge in [-0.25, -0.2) is 0 Å². The molecule has 1 aromatic heterocycles. The van der Waals surface area contributed by atoms with E-state index in [1.165, 1.54) is 41.9 Å². The molecule has 1 aliphatic carbocycles. The van der Waals surface area contributed by atoms with Crippen molar-refractivity contribution >= 4 is 11.3 Å². The van der Waals surface area contributed by atoms with Gasteiger partial charge in [0.15, 0.2) is 0 Å². The van der Waals surface area contributed by atoms with Crippen molar-refractivity contribution in [3.05, 3.63) is 21.9 Å². The zero-order valence-corrected chi connectivity index (χ0v) is 13.6. The minimum absolute atomic E-state index is 0.197. The van der Waals surface area contributed by atoms with Crippen molar-refractivity contribution in [1.82, 2.24) is 0 Å². The Morgan fingerprint density at radius 2 is 1.84 bits per heavy atom. The Hall–Kier alpha value is -0.340. The van der Waals surface area contributed by atoms with Gasteiger partial charge in [-0.2, -0.15) is 0 Å². The van der Waals surface area contributed by atoms with Crippen LogP contribution in [0.15, 0.2) is 12.1 Å². The minimum Gasteiger partial charge on any atom is -0.387 e. The van der Waals surface area contributed by atoms with Crippen molar-refractivity contribution in [1.29, 1.82) is 0 Å². The quantitative estimate of drug-likeness (QED) is 0.797. The van der Waals surface area contributed by atoms with Crippen LogP contribution in [0, 0.1) is 11.8 Å². The van der Waals surface area contributed by atoms with E-state index in [-0.39, 0.29) is 11.5 Å². The number of rotatable bonds is 3. The third kappa shape index (κ3) is 3.61. The van der Waals surface area contributed by atoms with Gasteiger partial charge in [0.05, 0.1) is 6.10 Å². The minimum atomic E-state index is -0.237.